The Hall–Kier alpha value is -0.930. The molecule has 3 aliphatic rings. The quantitative estimate of drug-likeness (QED) is 0.451. The van der Waals surface area contributed by atoms with Crippen LogP contribution >= 0.6 is 0 Å². The van der Waals surface area contributed by atoms with Crippen LogP contribution in [0, 0.1) is 0 Å². The van der Waals surface area contributed by atoms with E-state index in [2.05, 4.69) is 10.0 Å². The van der Waals surface area contributed by atoms with Crippen LogP contribution in [-0.2, 0) is 23.7 Å². The summed E-state index contributed by atoms with van der Waals surface area (Å²) in [5.74, 6) is 0. The fourth-order valence-corrected chi connectivity index (χ4v) is 2.72. The van der Waals surface area contributed by atoms with Gasteiger partial charge in [0.1, 0.15) is 24.4 Å². The average molecular weight is 287 g/mol. The second-order valence-corrected chi connectivity index (χ2v) is 4.84. The maximum atomic E-state index is 9.39. The van der Waals surface area contributed by atoms with E-state index < -0.39 is 37.2 Å². The summed E-state index contributed by atoms with van der Waals surface area (Å²) in [6.07, 6.45) is -2.56. The number of aliphatic hydroxyl groups is 1. The molecule has 0 aromatic rings. The summed E-state index contributed by atoms with van der Waals surface area (Å²) in [5, 5.41) is 12.8. The lowest BCUT2D eigenvalue weighted by molar-refractivity contribution is -0.300. The fourth-order valence-electron chi connectivity index (χ4n) is 2.72. The van der Waals surface area contributed by atoms with Gasteiger partial charge in [-0.15, -0.1) is 0 Å². The van der Waals surface area contributed by atoms with Crippen molar-refractivity contribution >= 4 is 0 Å². The van der Waals surface area contributed by atoms with Gasteiger partial charge >= 0.3 is 0 Å². The van der Waals surface area contributed by atoms with Crippen molar-refractivity contribution in [2.75, 3.05) is 13.2 Å². The molecule has 7 atom stereocenters. The zero-order chi connectivity index (χ0) is 14.1. The standard InChI is InChI=1S/C11H17N3O6/c1-2-6-16-5(4-15)8-9(17-6)10-11(20-8)19-7(18-10)3-13-14-12/h5-11,15H,2-4H2,1H3. The summed E-state index contributed by atoms with van der Waals surface area (Å²) in [7, 11) is 0. The number of azide groups is 1. The molecule has 3 fully saturated rings. The van der Waals surface area contributed by atoms with E-state index in [0.29, 0.717) is 6.42 Å². The van der Waals surface area contributed by atoms with Crippen LogP contribution in [0.4, 0.5) is 0 Å². The Kier molecular flexibility index (Phi) is 4.08. The van der Waals surface area contributed by atoms with Crippen molar-refractivity contribution in [3.8, 4) is 0 Å². The van der Waals surface area contributed by atoms with E-state index in [9.17, 15) is 5.11 Å². The summed E-state index contributed by atoms with van der Waals surface area (Å²) < 4.78 is 28.3. The van der Waals surface area contributed by atoms with E-state index in [1.165, 1.54) is 0 Å². The average Bonchev–Trinajstić information content (AvgIpc) is 3.01. The van der Waals surface area contributed by atoms with Gasteiger partial charge in [0, 0.05) is 4.91 Å². The molecule has 9 heteroatoms. The molecule has 1 N–H and O–H groups in total. The van der Waals surface area contributed by atoms with Gasteiger partial charge in [0.25, 0.3) is 0 Å². The minimum atomic E-state index is -0.624. The molecule has 0 aliphatic carbocycles. The molecule has 0 aromatic heterocycles. The van der Waals surface area contributed by atoms with Crippen LogP contribution in [0.1, 0.15) is 13.3 Å². The number of ether oxygens (including phenoxy) is 5. The summed E-state index contributed by atoms with van der Waals surface area (Å²) in [6, 6.07) is 0. The largest absolute Gasteiger partial charge is 0.394 e. The van der Waals surface area contributed by atoms with Crippen LogP contribution in [0.2, 0.25) is 0 Å². The smallest absolute Gasteiger partial charge is 0.190 e. The zero-order valence-corrected chi connectivity index (χ0v) is 11.0. The molecule has 0 saturated carbocycles. The zero-order valence-electron chi connectivity index (χ0n) is 11.0. The van der Waals surface area contributed by atoms with E-state index in [1.54, 1.807) is 0 Å². The predicted molar refractivity (Wildman–Crippen MR) is 63.3 cm³/mol. The van der Waals surface area contributed by atoms with E-state index in [4.69, 9.17) is 29.2 Å². The third-order valence-corrected chi connectivity index (χ3v) is 3.61. The number of hydrogen-bond acceptors (Lipinski definition) is 7. The van der Waals surface area contributed by atoms with Crippen molar-refractivity contribution < 1.29 is 28.8 Å². The van der Waals surface area contributed by atoms with Crippen LogP contribution in [0.25, 0.3) is 10.4 Å². The van der Waals surface area contributed by atoms with Crippen LogP contribution in [0.15, 0.2) is 5.11 Å². The summed E-state index contributed by atoms with van der Waals surface area (Å²) >= 11 is 0. The lowest BCUT2D eigenvalue weighted by Gasteiger charge is -2.38. The minimum absolute atomic E-state index is 0.0847. The van der Waals surface area contributed by atoms with E-state index >= 15 is 0 Å². The predicted octanol–water partition coefficient (Wildman–Crippen LogP) is 0.275. The van der Waals surface area contributed by atoms with Crippen LogP contribution in [0.3, 0.4) is 0 Å². The van der Waals surface area contributed by atoms with Gasteiger partial charge < -0.3 is 28.8 Å². The Balaban J connectivity index is 1.69. The maximum absolute atomic E-state index is 9.39. The van der Waals surface area contributed by atoms with Crippen molar-refractivity contribution in [2.45, 2.75) is 56.6 Å². The van der Waals surface area contributed by atoms with Crippen molar-refractivity contribution in [3.05, 3.63) is 10.4 Å². The van der Waals surface area contributed by atoms with Gasteiger partial charge in [0.2, 0.25) is 0 Å². The van der Waals surface area contributed by atoms with Crippen molar-refractivity contribution in [2.24, 2.45) is 5.11 Å². The number of fused-ring (bicyclic) bond motifs is 3. The first-order chi connectivity index (χ1) is 9.76. The molecule has 0 radical (unpaired) electrons. The Morgan fingerprint density at radius 3 is 2.55 bits per heavy atom. The highest BCUT2D eigenvalue weighted by molar-refractivity contribution is 4.98. The van der Waals surface area contributed by atoms with Crippen molar-refractivity contribution in [1.29, 1.82) is 0 Å². The van der Waals surface area contributed by atoms with Crippen LogP contribution in [-0.4, -0.2) is 61.5 Å². The molecule has 0 spiro atoms. The fraction of sp³-hybridized carbons (Fsp3) is 1.00. The van der Waals surface area contributed by atoms with Gasteiger partial charge in [0.05, 0.1) is 13.2 Å². The van der Waals surface area contributed by atoms with Crippen LogP contribution < -0.4 is 0 Å². The van der Waals surface area contributed by atoms with E-state index in [1.807, 2.05) is 6.92 Å². The first-order valence-electron chi connectivity index (χ1n) is 6.65. The number of rotatable bonds is 4. The molecule has 3 aliphatic heterocycles. The molecular weight excluding hydrogens is 270 g/mol. The number of hydrogen-bond donors (Lipinski definition) is 1. The Bertz CT molecular complexity index is 404. The summed E-state index contributed by atoms with van der Waals surface area (Å²) in [5.41, 5.74) is 8.30. The highest BCUT2D eigenvalue weighted by Gasteiger charge is 2.57. The second kappa shape index (κ2) is 5.82. The molecule has 9 nitrogen and oxygen atoms in total. The first-order valence-corrected chi connectivity index (χ1v) is 6.65. The second-order valence-electron chi connectivity index (χ2n) is 4.84. The highest BCUT2D eigenvalue weighted by atomic mass is 16.8. The highest BCUT2D eigenvalue weighted by Crippen LogP contribution is 2.39. The topological polar surface area (TPSA) is 115 Å². The van der Waals surface area contributed by atoms with Gasteiger partial charge in [-0.25, -0.2) is 0 Å². The third kappa shape index (κ3) is 2.38. The van der Waals surface area contributed by atoms with Gasteiger partial charge in [0.15, 0.2) is 18.9 Å². The molecule has 3 saturated heterocycles. The first kappa shape index (κ1) is 14.0. The monoisotopic (exact) mass is 287 g/mol. The Labute approximate surface area is 115 Å². The van der Waals surface area contributed by atoms with Gasteiger partial charge in [-0.1, -0.05) is 12.0 Å². The molecule has 20 heavy (non-hydrogen) atoms. The van der Waals surface area contributed by atoms with Crippen molar-refractivity contribution in [1.82, 2.24) is 0 Å². The van der Waals surface area contributed by atoms with Gasteiger partial charge in [-0.05, 0) is 12.0 Å². The van der Waals surface area contributed by atoms with Crippen LogP contribution in [0.5, 0.6) is 0 Å². The molecule has 0 aromatic carbocycles. The number of nitrogens with zero attached hydrogens (tertiary/aromatic N) is 3. The van der Waals surface area contributed by atoms with E-state index in [0.717, 1.165) is 0 Å². The normalized spacial score (nSPS) is 46.6. The summed E-state index contributed by atoms with van der Waals surface area (Å²) in [4.78, 5) is 2.67. The van der Waals surface area contributed by atoms with E-state index in [-0.39, 0.29) is 19.3 Å². The van der Waals surface area contributed by atoms with Crippen molar-refractivity contribution in [3.63, 3.8) is 0 Å². The molecule has 3 rings (SSSR count). The lowest BCUT2D eigenvalue weighted by Crippen LogP contribution is -2.52. The molecule has 0 amide bonds. The third-order valence-electron chi connectivity index (χ3n) is 3.61. The van der Waals surface area contributed by atoms with Gasteiger partial charge in [-0.2, -0.15) is 0 Å². The number of aliphatic hydroxyl groups excluding tert-OH is 1. The lowest BCUT2D eigenvalue weighted by atomic mass is 10.0. The Morgan fingerprint density at radius 2 is 1.85 bits per heavy atom. The summed E-state index contributed by atoms with van der Waals surface area (Å²) in [6.45, 7) is 1.87. The SMILES string of the molecule is CCC1OC(CO)C2OC3OC(CN=[N+]=[N-])OC3C2O1. The molecule has 7 unspecified atom stereocenters. The molecule has 0 bridgehead atoms. The molecule has 112 valence electrons. The van der Waals surface area contributed by atoms with Gasteiger partial charge in [-0.3, -0.25) is 0 Å². The Morgan fingerprint density at radius 1 is 1.05 bits per heavy atom. The molecular formula is C11H17N3O6. The molecule has 3 heterocycles. The maximum Gasteiger partial charge on any atom is 0.190 e. The minimum Gasteiger partial charge on any atom is -0.394 e.